The lowest BCUT2D eigenvalue weighted by Gasteiger charge is -2.36. The number of hydrogen-bond acceptors (Lipinski definition) is 7. The summed E-state index contributed by atoms with van der Waals surface area (Å²) in [5, 5.41) is 15.1. The maximum Gasteiger partial charge on any atom is 0.421 e. The fraction of sp³-hybridized carbons (Fsp3) is 0.476. The predicted octanol–water partition coefficient (Wildman–Crippen LogP) is 2.19. The zero-order valence-electron chi connectivity index (χ0n) is 18.0. The maximum absolute atomic E-state index is 13.1. The van der Waals surface area contributed by atoms with Crippen LogP contribution in [0.15, 0.2) is 23.1 Å². The Morgan fingerprint density at radius 2 is 1.97 bits per heavy atom. The summed E-state index contributed by atoms with van der Waals surface area (Å²) in [6, 6.07) is 3.82. The van der Waals surface area contributed by atoms with E-state index >= 15 is 0 Å². The Morgan fingerprint density at radius 1 is 1.24 bits per heavy atom. The fourth-order valence-corrected chi connectivity index (χ4v) is 4.60. The number of piperazine rings is 1. The van der Waals surface area contributed by atoms with E-state index in [0.717, 1.165) is 6.07 Å². The molecule has 1 N–H and O–H groups in total. The molecule has 2 saturated heterocycles. The van der Waals surface area contributed by atoms with Crippen LogP contribution in [0.4, 0.5) is 19.0 Å². The molecule has 0 aromatic carbocycles. The van der Waals surface area contributed by atoms with Gasteiger partial charge >= 0.3 is 6.18 Å². The summed E-state index contributed by atoms with van der Waals surface area (Å²) in [4.78, 5) is 34.2. The number of pyridine rings is 1. The third-order valence-electron chi connectivity index (χ3n) is 6.05. The van der Waals surface area contributed by atoms with Crippen molar-refractivity contribution >= 4 is 23.3 Å². The van der Waals surface area contributed by atoms with Crippen molar-refractivity contribution in [2.45, 2.75) is 25.1 Å². The molecule has 180 valence electrons. The molecule has 13 heteroatoms. The lowest BCUT2D eigenvalue weighted by Crippen LogP contribution is -2.51. The number of anilines is 1. The van der Waals surface area contributed by atoms with Crippen molar-refractivity contribution in [3.05, 3.63) is 50.5 Å². The number of aromatic amines is 1. The monoisotopic (exact) mass is 495 g/mol. The van der Waals surface area contributed by atoms with Gasteiger partial charge in [-0.15, -0.1) is 0 Å². The summed E-state index contributed by atoms with van der Waals surface area (Å²) < 4.78 is 39.4. The number of aromatic nitrogens is 3. The van der Waals surface area contributed by atoms with E-state index < -0.39 is 23.3 Å². The van der Waals surface area contributed by atoms with E-state index in [1.54, 1.807) is 15.9 Å². The molecule has 0 bridgehead atoms. The van der Waals surface area contributed by atoms with Gasteiger partial charge in [-0.05, 0) is 31.5 Å². The van der Waals surface area contributed by atoms with Crippen molar-refractivity contribution in [1.29, 1.82) is 5.26 Å². The SMILES string of the molecule is N#Cc1cnc(N2CCN(C(=O)CN3CCCC3c3cc(C(F)(F)F)c(=O)[nH]n3)CC2)c(Cl)c1. The van der Waals surface area contributed by atoms with Gasteiger partial charge in [0.05, 0.1) is 28.9 Å². The van der Waals surface area contributed by atoms with Crippen LogP contribution in [0.25, 0.3) is 0 Å². The molecule has 4 heterocycles. The largest absolute Gasteiger partial charge is 0.421 e. The molecule has 9 nitrogen and oxygen atoms in total. The third kappa shape index (κ3) is 5.00. The zero-order valence-corrected chi connectivity index (χ0v) is 18.7. The number of nitrogens with zero attached hydrogens (tertiary/aromatic N) is 6. The van der Waals surface area contributed by atoms with E-state index in [0.29, 0.717) is 62.0 Å². The minimum absolute atomic E-state index is 0.0443. The lowest BCUT2D eigenvalue weighted by atomic mass is 10.1. The number of amides is 1. The minimum atomic E-state index is -4.78. The normalized spacial score (nSPS) is 19.3. The van der Waals surface area contributed by atoms with Crippen molar-refractivity contribution in [3.63, 3.8) is 0 Å². The molecular weight excluding hydrogens is 475 g/mol. The molecule has 0 aliphatic carbocycles. The highest BCUT2D eigenvalue weighted by Gasteiger charge is 2.37. The molecule has 4 rings (SSSR count). The Bertz CT molecular complexity index is 1170. The smallest absolute Gasteiger partial charge is 0.352 e. The van der Waals surface area contributed by atoms with Gasteiger partial charge in [0.1, 0.15) is 17.5 Å². The molecule has 1 amide bonds. The van der Waals surface area contributed by atoms with Crippen LogP contribution in [0.5, 0.6) is 0 Å². The van der Waals surface area contributed by atoms with E-state index in [1.807, 2.05) is 16.1 Å². The third-order valence-corrected chi connectivity index (χ3v) is 6.33. The molecule has 1 unspecified atom stereocenters. The Hall–Kier alpha value is -3.17. The first-order valence-corrected chi connectivity index (χ1v) is 11.0. The van der Waals surface area contributed by atoms with Crippen molar-refractivity contribution in [3.8, 4) is 6.07 Å². The Kier molecular flexibility index (Phi) is 6.77. The Labute approximate surface area is 197 Å². The topological polar surface area (TPSA) is 109 Å². The summed E-state index contributed by atoms with van der Waals surface area (Å²) in [6.07, 6.45) is -2.09. The van der Waals surface area contributed by atoms with Crippen LogP contribution in [0.1, 0.15) is 35.7 Å². The first-order chi connectivity index (χ1) is 16.2. The van der Waals surface area contributed by atoms with Gasteiger partial charge in [0, 0.05) is 32.4 Å². The van der Waals surface area contributed by atoms with Gasteiger partial charge in [0.2, 0.25) is 5.91 Å². The van der Waals surface area contributed by atoms with E-state index in [9.17, 15) is 22.8 Å². The van der Waals surface area contributed by atoms with E-state index in [4.69, 9.17) is 16.9 Å². The minimum Gasteiger partial charge on any atom is -0.352 e. The quantitative estimate of drug-likeness (QED) is 0.692. The number of likely N-dealkylation sites (tertiary alicyclic amines) is 1. The maximum atomic E-state index is 13.1. The molecule has 2 aliphatic rings. The fourth-order valence-electron chi connectivity index (χ4n) is 4.32. The van der Waals surface area contributed by atoms with Crippen LogP contribution in [0.3, 0.4) is 0 Å². The standard InChI is InChI=1S/C21H21ClF3N7O2/c22-15-8-13(10-26)11-27-19(15)31-6-4-30(5-7-31)18(33)12-32-3-1-2-17(32)16-9-14(21(23,24)25)20(34)29-28-16/h8-9,11,17H,1-7,12H2,(H,29,34). The molecule has 34 heavy (non-hydrogen) atoms. The number of nitriles is 1. The second kappa shape index (κ2) is 9.60. The number of carbonyl (C=O) groups excluding carboxylic acids is 1. The van der Waals surface area contributed by atoms with Crippen LogP contribution < -0.4 is 10.5 Å². The number of H-pyrrole nitrogens is 1. The average Bonchev–Trinajstić information content (AvgIpc) is 3.26. The van der Waals surface area contributed by atoms with Crippen molar-refractivity contribution < 1.29 is 18.0 Å². The van der Waals surface area contributed by atoms with E-state index in [1.165, 1.54) is 6.20 Å². The van der Waals surface area contributed by atoms with E-state index in [-0.39, 0.29) is 18.1 Å². The van der Waals surface area contributed by atoms with Gasteiger partial charge in [0.15, 0.2) is 0 Å². The molecule has 1 atom stereocenters. The molecule has 0 saturated carbocycles. The first-order valence-electron chi connectivity index (χ1n) is 10.7. The van der Waals surface area contributed by atoms with Crippen LogP contribution in [-0.4, -0.2) is 70.2 Å². The molecule has 0 spiro atoms. The predicted molar refractivity (Wildman–Crippen MR) is 116 cm³/mol. The second-order valence-corrected chi connectivity index (χ2v) is 8.58. The summed E-state index contributed by atoms with van der Waals surface area (Å²) >= 11 is 6.24. The molecule has 0 radical (unpaired) electrons. The van der Waals surface area contributed by atoms with Crippen LogP contribution in [0.2, 0.25) is 5.02 Å². The highest BCUT2D eigenvalue weighted by atomic mass is 35.5. The molecule has 2 aromatic rings. The van der Waals surface area contributed by atoms with Gasteiger partial charge in [-0.1, -0.05) is 11.6 Å². The summed E-state index contributed by atoms with van der Waals surface area (Å²) in [5.41, 5.74) is -2.11. The van der Waals surface area contributed by atoms with Crippen LogP contribution in [-0.2, 0) is 11.0 Å². The average molecular weight is 496 g/mol. The highest BCUT2D eigenvalue weighted by Crippen LogP contribution is 2.33. The highest BCUT2D eigenvalue weighted by molar-refractivity contribution is 6.33. The van der Waals surface area contributed by atoms with Gasteiger partial charge in [-0.25, -0.2) is 10.1 Å². The van der Waals surface area contributed by atoms with Crippen molar-refractivity contribution in [2.75, 3.05) is 44.2 Å². The zero-order chi connectivity index (χ0) is 24.5. The van der Waals surface area contributed by atoms with Crippen molar-refractivity contribution in [1.82, 2.24) is 25.0 Å². The van der Waals surface area contributed by atoms with Gasteiger partial charge in [-0.3, -0.25) is 14.5 Å². The number of halogens is 4. The van der Waals surface area contributed by atoms with Crippen molar-refractivity contribution in [2.24, 2.45) is 0 Å². The second-order valence-electron chi connectivity index (χ2n) is 8.17. The molecular formula is C21H21ClF3N7O2. The van der Waals surface area contributed by atoms with Gasteiger partial charge < -0.3 is 9.80 Å². The summed E-state index contributed by atoms with van der Waals surface area (Å²) in [6.45, 7) is 2.47. The molecule has 2 fully saturated rings. The van der Waals surface area contributed by atoms with E-state index in [2.05, 4.69) is 10.1 Å². The Morgan fingerprint density at radius 3 is 2.62 bits per heavy atom. The molecule has 2 aliphatic heterocycles. The van der Waals surface area contributed by atoms with Gasteiger partial charge in [-0.2, -0.15) is 23.5 Å². The number of nitrogens with one attached hydrogen (secondary N) is 1. The first kappa shape index (κ1) is 24.0. The van der Waals surface area contributed by atoms with Crippen LogP contribution in [0, 0.1) is 11.3 Å². The number of carbonyl (C=O) groups is 1. The summed E-state index contributed by atoms with van der Waals surface area (Å²) in [7, 11) is 0. The molecule has 2 aromatic heterocycles. The van der Waals surface area contributed by atoms with Crippen LogP contribution >= 0.6 is 11.6 Å². The number of hydrogen-bond donors (Lipinski definition) is 1. The Balaban J connectivity index is 1.39. The number of alkyl halides is 3. The van der Waals surface area contributed by atoms with Gasteiger partial charge in [0.25, 0.3) is 5.56 Å². The summed E-state index contributed by atoms with van der Waals surface area (Å²) in [5.74, 6) is 0.419. The lowest BCUT2D eigenvalue weighted by molar-refractivity contribution is -0.139. The number of rotatable bonds is 4.